The number of hydrogen-bond donors (Lipinski definition) is 0. The first-order valence-corrected chi connectivity index (χ1v) is 8.66. The molecule has 3 aromatic rings. The lowest BCUT2D eigenvalue weighted by Gasteiger charge is -2.09. The molecule has 0 fully saturated rings. The van der Waals surface area contributed by atoms with Gasteiger partial charge in [-0.2, -0.15) is 5.26 Å². The fourth-order valence-electron chi connectivity index (χ4n) is 2.49. The van der Waals surface area contributed by atoms with Crippen LogP contribution < -0.4 is 0 Å². The molecule has 5 heteroatoms. The number of hydrogen-bond acceptors (Lipinski definition) is 3. The summed E-state index contributed by atoms with van der Waals surface area (Å²) < 4.78 is 2.17. The van der Waals surface area contributed by atoms with Crippen LogP contribution in [0.3, 0.4) is 0 Å². The summed E-state index contributed by atoms with van der Waals surface area (Å²) in [7, 11) is 0. The van der Waals surface area contributed by atoms with Crippen LogP contribution >= 0.6 is 23.4 Å². The molecule has 0 saturated heterocycles. The standard InChI is InChI=1S/C18H16ClN3S/c1-12-9-16-17(10-13(12)2)22(18(21-16)23-8-7-20)11-14-3-5-15(19)6-4-14/h3-6,9-10H,8,11H2,1-2H3. The molecular weight excluding hydrogens is 326 g/mol. The van der Waals surface area contributed by atoms with Crippen molar-refractivity contribution in [2.24, 2.45) is 0 Å². The minimum absolute atomic E-state index is 0.391. The summed E-state index contributed by atoms with van der Waals surface area (Å²) in [5.74, 6) is 0.391. The number of nitriles is 1. The lowest BCUT2D eigenvalue weighted by atomic mass is 10.1. The Labute approximate surface area is 144 Å². The lowest BCUT2D eigenvalue weighted by molar-refractivity contribution is 0.731. The van der Waals surface area contributed by atoms with Crippen LogP contribution in [0, 0.1) is 25.2 Å². The van der Waals surface area contributed by atoms with Gasteiger partial charge in [0.25, 0.3) is 0 Å². The zero-order valence-electron chi connectivity index (χ0n) is 13.0. The maximum absolute atomic E-state index is 8.88. The lowest BCUT2D eigenvalue weighted by Crippen LogP contribution is -2.02. The Morgan fingerprint density at radius 1 is 1.17 bits per heavy atom. The molecule has 0 aliphatic carbocycles. The summed E-state index contributed by atoms with van der Waals surface area (Å²) in [5.41, 5.74) is 5.70. The van der Waals surface area contributed by atoms with Gasteiger partial charge in [0.05, 0.1) is 29.4 Å². The topological polar surface area (TPSA) is 41.6 Å². The van der Waals surface area contributed by atoms with Crippen LogP contribution in [0.1, 0.15) is 16.7 Å². The molecule has 0 bridgehead atoms. The molecule has 0 radical (unpaired) electrons. The molecule has 0 saturated carbocycles. The van der Waals surface area contributed by atoms with Crippen molar-refractivity contribution in [1.82, 2.24) is 9.55 Å². The third-order valence-corrected chi connectivity index (χ3v) is 4.94. The highest BCUT2D eigenvalue weighted by Gasteiger charge is 2.13. The Hall–Kier alpha value is -1.96. The normalized spacial score (nSPS) is 10.9. The third-order valence-electron chi connectivity index (χ3n) is 3.85. The molecule has 3 nitrogen and oxygen atoms in total. The van der Waals surface area contributed by atoms with Gasteiger partial charge in [-0.05, 0) is 54.8 Å². The number of nitrogens with zero attached hydrogens (tertiary/aromatic N) is 3. The van der Waals surface area contributed by atoms with Gasteiger partial charge >= 0.3 is 0 Å². The van der Waals surface area contributed by atoms with E-state index in [0.29, 0.717) is 12.3 Å². The summed E-state index contributed by atoms with van der Waals surface area (Å²) in [5, 5.41) is 10.5. The first-order chi connectivity index (χ1) is 11.1. The van der Waals surface area contributed by atoms with Crippen LogP contribution in [-0.4, -0.2) is 15.3 Å². The first-order valence-electron chi connectivity index (χ1n) is 7.30. The van der Waals surface area contributed by atoms with Gasteiger partial charge in [-0.25, -0.2) is 4.98 Å². The Morgan fingerprint density at radius 3 is 2.57 bits per heavy atom. The van der Waals surface area contributed by atoms with E-state index in [0.717, 1.165) is 26.8 Å². The second kappa shape index (κ2) is 6.66. The summed E-state index contributed by atoms with van der Waals surface area (Å²) in [6.45, 7) is 4.91. The van der Waals surface area contributed by atoms with E-state index in [-0.39, 0.29) is 0 Å². The van der Waals surface area contributed by atoms with Crippen molar-refractivity contribution in [3.63, 3.8) is 0 Å². The van der Waals surface area contributed by atoms with Crippen molar-refractivity contribution < 1.29 is 0 Å². The van der Waals surface area contributed by atoms with Crippen molar-refractivity contribution >= 4 is 34.4 Å². The molecule has 0 unspecified atom stereocenters. The molecule has 0 atom stereocenters. The average Bonchev–Trinajstić information content (AvgIpc) is 2.85. The van der Waals surface area contributed by atoms with Crippen molar-refractivity contribution in [2.75, 3.05) is 5.75 Å². The number of halogens is 1. The van der Waals surface area contributed by atoms with Crippen molar-refractivity contribution in [1.29, 1.82) is 5.26 Å². The fraction of sp³-hybridized carbons (Fsp3) is 0.222. The molecule has 1 aromatic heterocycles. The first kappa shape index (κ1) is 15.9. The zero-order valence-corrected chi connectivity index (χ0v) is 14.6. The maximum atomic E-state index is 8.88. The van der Waals surface area contributed by atoms with Crippen LogP contribution in [-0.2, 0) is 6.54 Å². The van der Waals surface area contributed by atoms with Gasteiger partial charge in [-0.3, -0.25) is 0 Å². The molecule has 0 N–H and O–H groups in total. The van der Waals surface area contributed by atoms with E-state index in [4.69, 9.17) is 21.8 Å². The minimum Gasteiger partial charge on any atom is -0.314 e. The summed E-state index contributed by atoms with van der Waals surface area (Å²) in [6, 6.07) is 14.3. The molecule has 0 spiro atoms. The van der Waals surface area contributed by atoms with Gasteiger partial charge in [0.1, 0.15) is 0 Å². The van der Waals surface area contributed by atoms with E-state index in [1.54, 1.807) is 0 Å². The van der Waals surface area contributed by atoms with E-state index in [1.807, 2.05) is 24.3 Å². The van der Waals surface area contributed by atoms with Gasteiger partial charge in [0, 0.05) is 5.02 Å². The molecule has 3 rings (SSSR count). The largest absolute Gasteiger partial charge is 0.314 e. The fourth-order valence-corrected chi connectivity index (χ4v) is 3.29. The van der Waals surface area contributed by atoms with E-state index >= 15 is 0 Å². The van der Waals surface area contributed by atoms with Crippen LogP contribution in [0.4, 0.5) is 0 Å². The molecule has 2 aromatic carbocycles. The monoisotopic (exact) mass is 341 g/mol. The highest BCUT2D eigenvalue weighted by Crippen LogP contribution is 2.27. The summed E-state index contributed by atoms with van der Waals surface area (Å²) in [4.78, 5) is 4.71. The summed E-state index contributed by atoms with van der Waals surface area (Å²) >= 11 is 7.44. The van der Waals surface area contributed by atoms with Crippen molar-refractivity contribution in [3.05, 3.63) is 58.1 Å². The Kier molecular flexibility index (Phi) is 4.61. The quantitative estimate of drug-likeness (QED) is 0.629. The highest BCUT2D eigenvalue weighted by atomic mass is 35.5. The van der Waals surface area contributed by atoms with Gasteiger partial charge in [-0.1, -0.05) is 35.5 Å². The van der Waals surface area contributed by atoms with Crippen LogP contribution in [0.25, 0.3) is 11.0 Å². The third kappa shape index (κ3) is 3.36. The predicted octanol–water partition coefficient (Wildman–Crippen LogP) is 4.97. The smallest absolute Gasteiger partial charge is 0.170 e. The van der Waals surface area contributed by atoms with E-state index in [1.165, 1.54) is 22.9 Å². The zero-order chi connectivity index (χ0) is 16.4. The molecule has 0 amide bonds. The summed E-state index contributed by atoms with van der Waals surface area (Å²) in [6.07, 6.45) is 0. The van der Waals surface area contributed by atoms with Gasteiger partial charge in [0.2, 0.25) is 0 Å². The number of aromatic nitrogens is 2. The number of rotatable bonds is 4. The molecule has 1 heterocycles. The molecule has 23 heavy (non-hydrogen) atoms. The van der Waals surface area contributed by atoms with Crippen LogP contribution in [0.2, 0.25) is 5.02 Å². The van der Waals surface area contributed by atoms with E-state index in [9.17, 15) is 0 Å². The molecule has 116 valence electrons. The number of aryl methyl sites for hydroxylation is 2. The molecule has 0 aliphatic rings. The Morgan fingerprint density at radius 2 is 1.87 bits per heavy atom. The van der Waals surface area contributed by atoms with Crippen molar-refractivity contribution in [3.8, 4) is 6.07 Å². The highest BCUT2D eigenvalue weighted by molar-refractivity contribution is 7.99. The predicted molar refractivity (Wildman–Crippen MR) is 96.1 cm³/mol. The van der Waals surface area contributed by atoms with E-state index < -0.39 is 0 Å². The van der Waals surface area contributed by atoms with Gasteiger partial charge in [0.15, 0.2) is 5.16 Å². The second-order valence-electron chi connectivity index (χ2n) is 5.48. The average molecular weight is 342 g/mol. The number of fused-ring (bicyclic) bond motifs is 1. The molecular formula is C18H16ClN3S. The van der Waals surface area contributed by atoms with Gasteiger partial charge in [-0.15, -0.1) is 0 Å². The maximum Gasteiger partial charge on any atom is 0.170 e. The minimum atomic E-state index is 0.391. The van der Waals surface area contributed by atoms with E-state index in [2.05, 4.69) is 36.6 Å². The Bertz CT molecular complexity index is 891. The SMILES string of the molecule is Cc1cc2nc(SCC#N)n(Cc3ccc(Cl)cc3)c2cc1C. The number of thioether (sulfide) groups is 1. The molecule has 0 aliphatic heterocycles. The van der Waals surface area contributed by atoms with Crippen LogP contribution in [0.5, 0.6) is 0 Å². The Balaban J connectivity index is 2.09. The van der Waals surface area contributed by atoms with Gasteiger partial charge < -0.3 is 4.57 Å². The second-order valence-corrected chi connectivity index (χ2v) is 6.86. The number of imidazole rings is 1. The van der Waals surface area contributed by atoms with Crippen molar-refractivity contribution in [2.45, 2.75) is 25.5 Å². The number of benzene rings is 2. The van der Waals surface area contributed by atoms with Crippen LogP contribution in [0.15, 0.2) is 41.6 Å².